The van der Waals surface area contributed by atoms with E-state index in [4.69, 9.17) is 9.47 Å². The zero-order chi connectivity index (χ0) is 74.1. The largest absolute Gasteiger partial charge is 0.444 e. The maximum atomic E-state index is 13.0. The molecule has 6 aromatic rings. The van der Waals surface area contributed by atoms with Crippen molar-refractivity contribution in [2.45, 2.75) is 161 Å². The highest BCUT2D eigenvalue weighted by Crippen LogP contribution is 2.30. The van der Waals surface area contributed by atoms with Gasteiger partial charge in [-0.15, -0.1) is 12.4 Å². The first-order chi connectivity index (χ1) is 48.3. The van der Waals surface area contributed by atoms with Crippen LogP contribution in [0, 0.1) is 17.8 Å². The van der Waals surface area contributed by atoms with Crippen molar-refractivity contribution in [2.24, 2.45) is 38.9 Å². The summed E-state index contributed by atoms with van der Waals surface area (Å²) in [5, 5.41) is 13.5. The average Bonchev–Trinajstić information content (AvgIpc) is 1.62. The number of benzene rings is 3. The van der Waals surface area contributed by atoms with Gasteiger partial charge in [-0.25, -0.2) is 24.0 Å². The van der Waals surface area contributed by atoms with Gasteiger partial charge in [-0.2, -0.15) is 0 Å². The van der Waals surface area contributed by atoms with Crippen LogP contribution in [0.25, 0.3) is 33.1 Å². The van der Waals surface area contributed by atoms with Crippen LogP contribution in [0.1, 0.15) is 158 Å². The van der Waals surface area contributed by atoms with Crippen molar-refractivity contribution < 1.29 is 52.6 Å². The molecule has 3 atom stereocenters. The van der Waals surface area contributed by atoms with E-state index in [1.54, 1.807) is 65.3 Å². The fraction of sp³-hybridized carbons (Fsp3) is 0.589. The maximum Gasteiger partial charge on any atom is 0.410 e. The Bertz CT molecular complexity index is 4280. The summed E-state index contributed by atoms with van der Waals surface area (Å²) in [6.07, 6.45) is 8.54. The number of imidazole rings is 3. The lowest BCUT2D eigenvalue weighted by atomic mass is 9.96. The Morgan fingerprint density at radius 2 is 0.837 bits per heavy atom. The zero-order valence-corrected chi connectivity index (χ0v) is 63.1. The molecule has 8 N–H and O–H groups in total. The number of carbonyl (C=O) groups is 9. The van der Waals surface area contributed by atoms with E-state index in [-0.39, 0.29) is 84.8 Å². The second-order valence-corrected chi connectivity index (χ2v) is 30.0. The van der Waals surface area contributed by atoms with Crippen LogP contribution < -0.4 is 49.8 Å². The lowest BCUT2D eigenvalue weighted by molar-refractivity contribution is -0.137. The predicted molar refractivity (Wildman–Crippen MR) is 397 cm³/mol. The van der Waals surface area contributed by atoms with Crippen LogP contribution in [0.2, 0.25) is 0 Å². The minimum atomic E-state index is -0.707. The summed E-state index contributed by atoms with van der Waals surface area (Å²) in [5.74, 6) is -0.402. The number of imide groups is 3. The van der Waals surface area contributed by atoms with Crippen molar-refractivity contribution in [3.05, 3.63) is 103 Å². The van der Waals surface area contributed by atoms with E-state index in [0.29, 0.717) is 66.0 Å². The van der Waals surface area contributed by atoms with Gasteiger partial charge < -0.3 is 36.1 Å². The monoisotopic (exact) mass is 1470 g/mol. The molecule has 6 aliphatic heterocycles. The molecule has 9 heterocycles. The standard InChI is InChI=1S/C26H37N5O5.C21H29N5O3.C14H13N3O4.C12H24N2O2.ClH.H3N/c1-26(2,3)36-25(35)28(4)15-17-10-12-30(13-11-17)16-18-6-7-19-21(14-18)29(5)24(34)31(19)20-8-9-22(32)27-23(20)33;1-22-12-14-7-9-25(10-8-14)13-15-3-4-16-18(11-15)24(2)21(29)26(16)17-5-6-19(27)23-20(17)28;1-16-11-6-8(7-18)2-3-9(11)17(14(16)21)10-4-5-12(19)15-13(10)20;1-12(2,3)16-11(15)14(4)9-10-5-7-13-8-6-10;;/h6-7,14,17,20H,8-13,15-16H2,1-5H3,(H,27,32,33);3-4,11,14,17,22H,5-10,12-13H2,1-2H3,(H,23,27,28);2-3,6-7,10H,4-5H2,1H3,(H,15,19,20);10,13H,5-9H2,1-4H3;1H;1H3. The molecule has 0 bridgehead atoms. The molecule has 0 radical (unpaired) electrons. The number of nitrogens with zero attached hydrogens (tertiary/aromatic N) is 10. The molecule has 12 rings (SSSR count). The van der Waals surface area contributed by atoms with E-state index in [2.05, 4.69) is 42.5 Å². The predicted octanol–water partition coefficient (Wildman–Crippen LogP) is 5.71. The normalized spacial score (nSPS) is 19.6. The lowest BCUT2D eigenvalue weighted by Crippen LogP contribution is -2.44. The second kappa shape index (κ2) is 35.8. The van der Waals surface area contributed by atoms with Crippen LogP contribution in [0.3, 0.4) is 0 Å². The zero-order valence-electron chi connectivity index (χ0n) is 62.3. The number of piperidine rings is 6. The van der Waals surface area contributed by atoms with Gasteiger partial charge in [0.25, 0.3) is 0 Å². The van der Waals surface area contributed by atoms with Crippen LogP contribution in [0.4, 0.5) is 9.59 Å². The fourth-order valence-electron chi connectivity index (χ4n) is 14.3. The Balaban J connectivity index is 0.000000201. The molecule has 30 nitrogen and oxygen atoms in total. The second-order valence-electron chi connectivity index (χ2n) is 30.0. The van der Waals surface area contributed by atoms with Gasteiger partial charge in [0.1, 0.15) is 35.6 Å². The number of hydrogen-bond donors (Lipinski definition) is 6. The smallest absolute Gasteiger partial charge is 0.410 e. The number of ether oxygens (including phenoxy) is 2. The van der Waals surface area contributed by atoms with Gasteiger partial charge in [-0.05, 0) is 224 Å². The first kappa shape index (κ1) is 82.5. The third-order valence-electron chi connectivity index (χ3n) is 19.8. The number of aromatic nitrogens is 6. The first-order valence-corrected chi connectivity index (χ1v) is 35.6. The summed E-state index contributed by atoms with van der Waals surface area (Å²) >= 11 is 0. The Hall–Kier alpha value is -8.81. The van der Waals surface area contributed by atoms with Crippen molar-refractivity contribution in [3.63, 3.8) is 0 Å². The molecule has 3 aromatic carbocycles. The van der Waals surface area contributed by atoms with Gasteiger partial charge in [0.15, 0.2) is 0 Å². The third-order valence-corrected chi connectivity index (χ3v) is 19.8. The Kier molecular flexibility index (Phi) is 28.4. The number of carbonyl (C=O) groups excluding carboxylic acids is 9. The summed E-state index contributed by atoms with van der Waals surface area (Å²) in [4.78, 5) is 152. The quantitative estimate of drug-likeness (QED) is 0.0561. The van der Waals surface area contributed by atoms with E-state index in [0.717, 1.165) is 119 Å². The minimum absolute atomic E-state index is 0. The topological polar surface area (TPSA) is 361 Å². The van der Waals surface area contributed by atoms with Gasteiger partial charge in [-0.3, -0.25) is 86.7 Å². The van der Waals surface area contributed by atoms with Crippen LogP contribution in [0.5, 0.6) is 0 Å². The van der Waals surface area contributed by atoms with Gasteiger partial charge in [-0.1, -0.05) is 12.1 Å². The number of aryl methyl sites for hydroxylation is 3. The molecule has 570 valence electrons. The number of nitrogens with one attached hydrogen (secondary N) is 5. The highest BCUT2D eigenvalue weighted by atomic mass is 35.5. The number of fused-ring (bicyclic) bond motifs is 3. The number of amides is 8. The number of halogens is 1. The minimum Gasteiger partial charge on any atom is -0.444 e. The first-order valence-electron chi connectivity index (χ1n) is 35.6. The summed E-state index contributed by atoms with van der Waals surface area (Å²) < 4.78 is 19.8. The molecule has 0 saturated carbocycles. The molecule has 31 heteroatoms. The van der Waals surface area contributed by atoms with E-state index in [9.17, 15) is 57.5 Å². The van der Waals surface area contributed by atoms with E-state index in [1.165, 1.54) is 36.7 Å². The summed E-state index contributed by atoms with van der Waals surface area (Å²) in [7, 11) is 10.6. The summed E-state index contributed by atoms with van der Waals surface area (Å²) in [5.41, 5.74) is 5.18. The molecule has 6 saturated heterocycles. The van der Waals surface area contributed by atoms with Crippen molar-refractivity contribution >= 4 is 99.4 Å². The lowest BCUT2D eigenvalue weighted by Gasteiger charge is -2.34. The fourth-order valence-corrected chi connectivity index (χ4v) is 14.3. The molecule has 8 amide bonds. The molecular formula is C73H107ClN16O14. The van der Waals surface area contributed by atoms with E-state index in [1.807, 2.05) is 86.0 Å². The van der Waals surface area contributed by atoms with Gasteiger partial charge >= 0.3 is 29.3 Å². The third kappa shape index (κ3) is 20.6. The average molecular weight is 1470 g/mol. The molecule has 3 aromatic heterocycles. The Labute approximate surface area is 611 Å². The maximum absolute atomic E-state index is 13.0. The van der Waals surface area contributed by atoms with Crippen LogP contribution in [-0.2, 0) is 72.5 Å². The van der Waals surface area contributed by atoms with Crippen molar-refractivity contribution in [1.29, 1.82) is 0 Å². The SMILES string of the molecule is CN(CC1CCN(Cc2ccc3c(c2)n(C)c(=O)n3C2CCC(=O)NC2=O)CC1)C(=O)OC(C)(C)C.CN(CC1CCNCC1)C(=O)OC(C)(C)C.CNCC1CCN(Cc2ccc3c(c2)n(C)c(=O)n3C2CCC(=O)NC2=O)CC1.Cl.Cn1c(=O)n(C2CCC(=O)NC2=O)c2ccc(C=O)cc21.N. The molecule has 6 fully saturated rings. The van der Waals surface area contributed by atoms with E-state index < -0.39 is 47.0 Å². The van der Waals surface area contributed by atoms with Crippen molar-refractivity contribution in [2.75, 3.05) is 80.0 Å². The van der Waals surface area contributed by atoms with E-state index >= 15 is 0 Å². The highest BCUT2D eigenvalue weighted by Gasteiger charge is 2.35. The molecule has 0 aliphatic carbocycles. The number of likely N-dealkylation sites (tertiary alicyclic amines) is 2. The number of rotatable bonds is 14. The van der Waals surface area contributed by atoms with Gasteiger partial charge in [0, 0.05) is 86.2 Å². The Morgan fingerprint density at radius 1 is 0.500 bits per heavy atom. The van der Waals surface area contributed by atoms with Gasteiger partial charge in [0.05, 0.1) is 33.1 Å². The number of aldehydes is 1. The van der Waals surface area contributed by atoms with Crippen molar-refractivity contribution in [1.82, 2.24) is 79.7 Å². The molecule has 3 unspecified atom stereocenters. The summed E-state index contributed by atoms with van der Waals surface area (Å²) in [6.45, 7) is 21.6. The highest BCUT2D eigenvalue weighted by molar-refractivity contribution is 6.02. The van der Waals surface area contributed by atoms with Gasteiger partial charge in [0.2, 0.25) is 35.4 Å². The molecule has 6 aliphatic rings. The molecule has 104 heavy (non-hydrogen) atoms. The number of hydrogen-bond acceptors (Lipinski definition) is 19. The van der Waals surface area contributed by atoms with Crippen LogP contribution in [0.15, 0.2) is 69.0 Å². The summed E-state index contributed by atoms with van der Waals surface area (Å²) in [6, 6.07) is 14.8. The van der Waals surface area contributed by atoms with Crippen LogP contribution in [-0.4, -0.2) is 192 Å². The molecule has 0 spiro atoms. The molecular weight excluding hydrogens is 1360 g/mol. The van der Waals surface area contributed by atoms with Crippen LogP contribution >= 0.6 is 12.4 Å². The van der Waals surface area contributed by atoms with Crippen molar-refractivity contribution in [3.8, 4) is 0 Å². The Morgan fingerprint density at radius 3 is 1.17 bits per heavy atom.